The highest BCUT2D eigenvalue weighted by Gasteiger charge is 2.19. The SMILES string of the molecule is CCn1cc([N+](=O)[O-])c(=O)n(Cc2cnc(Cl)s2)c1=O. The monoisotopic (exact) mass is 316 g/mol. The molecule has 0 atom stereocenters. The Morgan fingerprint density at radius 2 is 2.20 bits per heavy atom. The van der Waals surface area contributed by atoms with Crippen molar-refractivity contribution in [3.8, 4) is 0 Å². The summed E-state index contributed by atoms with van der Waals surface area (Å²) >= 11 is 6.78. The molecule has 0 aliphatic carbocycles. The van der Waals surface area contributed by atoms with Crippen LogP contribution in [0.15, 0.2) is 22.0 Å². The second-order valence-electron chi connectivity index (χ2n) is 3.81. The number of halogens is 1. The molecule has 106 valence electrons. The van der Waals surface area contributed by atoms with Crippen molar-refractivity contribution >= 4 is 28.6 Å². The molecule has 0 unspecified atom stereocenters. The first-order valence-corrected chi connectivity index (χ1v) is 6.72. The van der Waals surface area contributed by atoms with Gasteiger partial charge in [0.2, 0.25) is 0 Å². The number of thiazole rings is 1. The fraction of sp³-hybridized carbons (Fsp3) is 0.300. The zero-order chi connectivity index (χ0) is 14.9. The largest absolute Gasteiger partial charge is 0.350 e. The summed E-state index contributed by atoms with van der Waals surface area (Å²) in [7, 11) is 0. The van der Waals surface area contributed by atoms with Crippen LogP contribution < -0.4 is 11.2 Å². The maximum Gasteiger partial charge on any atom is 0.350 e. The number of hydrogen-bond donors (Lipinski definition) is 0. The maximum atomic E-state index is 12.1. The van der Waals surface area contributed by atoms with Crippen LogP contribution in [0.25, 0.3) is 0 Å². The molecule has 2 heterocycles. The molecule has 8 nitrogen and oxygen atoms in total. The quantitative estimate of drug-likeness (QED) is 0.621. The van der Waals surface area contributed by atoms with Crippen molar-refractivity contribution in [3.05, 3.63) is 52.7 Å². The number of aryl methyl sites for hydroxylation is 1. The molecule has 0 spiro atoms. The molecule has 0 amide bonds. The van der Waals surface area contributed by atoms with E-state index in [1.807, 2.05) is 0 Å². The van der Waals surface area contributed by atoms with Gasteiger partial charge in [-0.1, -0.05) is 11.6 Å². The fourth-order valence-electron chi connectivity index (χ4n) is 1.64. The van der Waals surface area contributed by atoms with Gasteiger partial charge in [0.05, 0.1) is 17.7 Å². The first kappa shape index (κ1) is 14.4. The predicted molar refractivity (Wildman–Crippen MR) is 73.5 cm³/mol. The van der Waals surface area contributed by atoms with Crippen molar-refractivity contribution in [2.24, 2.45) is 0 Å². The van der Waals surface area contributed by atoms with E-state index >= 15 is 0 Å². The van der Waals surface area contributed by atoms with Gasteiger partial charge in [-0.3, -0.25) is 19.5 Å². The number of nitro groups is 1. The molecule has 20 heavy (non-hydrogen) atoms. The average molecular weight is 317 g/mol. The lowest BCUT2D eigenvalue weighted by Gasteiger charge is -2.07. The lowest BCUT2D eigenvalue weighted by Crippen LogP contribution is -2.40. The first-order valence-electron chi connectivity index (χ1n) is 5.53. The van der Waals surface area contributed by atoms with Crippen LogP contribution in [0.3, 0.4) is 0 Å². The Hall–Kier alpha value is -2.00. The van der Waals surface area contributed by atoms with E-state index in [0.717, 1.165) is 26.7 Å². The van der Waals surface area contributed by atoms with E-state index in [4.69, 9.17) is 11.6 Å². The van der Waals surface area contributed by atoms with Crippen molar-refractivity contribution in [2.75, 3.05) is 0 Å². The summed E-state index contributed by atoms with van der Waals surface area (Å²) in [4.78, 5) is 38.5. The molecule has 10 heteroatoms. The highest BCUT2D eigenvalue weighted by molar-refractivity contribution is 7.15. The second kappa shape index (κ2) is 5.55. The van der Waals surface area contributed by atoms with Crippen molar-refractivity contribution < 1.29 is 4.92 Å². The number of hydrogen-bond acceptors (Lipinski definition) is 6. The zero-order valence-corrected chi connectivity index (χ0v) is 11.8. The van der Waals surface area contributed by atoms with E-state index in [0.29, 0.717) is 4.88 Å². The fourth-order valence-corrected chi connectivity index (χ4v) is 2.61. The molecule has 0 aliphatic rings. The van der Waals surface area contributed by atoms with Crippen molar-refractivity contribution in [3.63, 3.8) is 0 Å². The molecule has 0 saturated carbocycles. The third-order valence-corrected chi connectivity index (χ3v) is 3.70. The summed E-state index contributed by atoms with van der Waals surface area (Å²) in [5, 5.41) is 10.9. The molecule has 2 aromatic rings. The Bertz CT molecular complexity index is 778. The highest BCUT2D eigenvalue weighted by Crippen LogP contribution is 2.17. The van der Waals surface area contributed by atoms with Gasteiger partial charge in [0.25, 0.3) is 0 Å². The van der Waals surface area contributed by atoms with Crippen molar-refractivity contribution in [2.45, 2.75) is 20.0 Å². The minimum atomic E-state index is -0.936. The zero-order valence-electron chi connectivity index (χ0n) is 10.3. The van der Waals surface area contributed by atoms with E-state index < -0.39 is 21.9 Å². The second-order valence-corrected chi connectivity index (χ2v) is 5.51. The van der Waals surface area contributed by atoms with Gasteiger partial charge in [-0.05, 0) is 6.92 Å². The van der Waals surface area contributed by atoms with Crippen LogP contribution in [0.4, 0.5) is 5.69 Å². The minimum Gasteiger partial charge on any atom is -0.294 e. The van der Waals surface area contributed by atoms with Crippen LogP contribution in [-0.4, -0.2) is 19.0 Å². The summed E-state index contributed by atoms with van der Waals surface area (Å²) in [6, 6.07) is 0. The van der Waals surface area contributed by atoms with Gasteiger partial charge in [0.1, 0.15) is 0 Å². The van der Waals surface area contributed by atoms with Crippen molar-refractivity contribution in [1.29, 1.82) is 0 Å². The van der Waals surface area contributed by atoms with Gasteiger partial charge in [-0.25, -0.2) is 14.3 Å². The van der Waals surface area contributed by atoms with E-state index in [-0.39, 0.29) is 17.6 Å². The summed E-state index contributed by atoms with van der Waals surface area (Å²) in [5.74, 6) is 0. The van der Waals surface area contributed by atoms with Crippen LogP contribution in [0.5, 0.6) is 0 Å². The van der Waals surface area contributed by atoms with E-state index in [1.54, 1.807) is 6.92 Å². The third kappa shape index (κ3) is 2.63. The molecule has 0 aromatic carbocycles. The normalized spacial score (nSPS) is 10.7. The van der Waals surface area contributed by atoms with Gasteiger partial charge >= 0.3 is 16.9 Å². The Morgan fingerprint density at radius 1 is 1.50 bits per heavy atom. The van der Waals surface area contributed by atoms with Gasteiger partial charge in [-0.15, -0.1) is 11.3 Å². The molecule has 0 bridgehead atoms. The number of aromatic nitrogens is 3. The Labute approximate surface area is 121 Å². The number of nitrogens with zero attached hydrogens (tertiary/aromatic N) is 4. The predicted octanol–water partition coefficient (Wildman–Crippen LogP) is 1.10. The molecule has 0 N–H and O–H groups in total. The Balaban J connectivity index is 2.61. The van der Waals surface area contributed by atoms with Crippen LogP contribution in [0, 0.1) is 10.1 Å². The van der Waals surface area contributed by atoms with Gasteiger partial charge < -0.3 is 0 Å². The summed E-state index contributed by atoms with van der Waals surface area (Å²) < 4.78 is 2.20. The summed E-state index contributed by atoms with van der Waals surface area (Å²) in [6.45, 7) is 1.79. The van der Waals surface area contributed by atoms with E-state index in [9.17, 15) is 19.7 Å². The highest BCUT2D eigenvalue weighted by atomic mass is 35.5. The minimum absolute atomic E-state index is 0.0935. The van der Waals surface area contributed by atoms with Crippen LogP contribution >= 0.6 is 22.9 Å². The third-order valence-electron chi connectivity index (χ3n) is 2.60. The maximum absolute atomic E-state index is 12.1. The van der Waals surface area contributed by atoms with Crippen LogP contribution in [0.2, 0.25) is 4.47 Å². The van der Waals surface area contributed by atoms with Gasteiger partial charge in [0.15, 0.2) is 4.47 Å². The van der Waals surface area contributed by atoms with E-state index in [1.165, 1.54) is 6.20 Å². The van der Waals surface area contributed by atoms with Crippen LogP contribution in [0.1, 0.15) is 11.8 Å². The molecule has 0 aliphatic heterocycles. The molecule has 2 aromatic heterocycles. The molecular formula is C10H9ClN4O4S. The molecular weight excluding hydrogens is 308 g/mol. The summed E-state index contributed by atoms with van der Waals surface area (Å²) in [6.07, 6.45) is 2.38. The lowest BCUT2D eigenvalue weighted by molar-refractivity contribution is -0.387. The average Bonchev–Trinajstić information content (AvgIpc) is 2.80. The standard InChI is InChI=1S/C10H9ClN4O4S/c1-2-13-5-7(15(18)19)8(16)14(10(13)17)4-6-3-12-9(11)20-6/h3,5H,2,4H2,1H3. The summed E-state index contributed by atoms with van der Waals surface area (Å²) in [5.41, 5.74) is -2.18. The van der Waals surface area contributed by atoms with Gasteiger partial charge in [0, 0.05) is 17.6 Å². The molecule has 0 fully saturated rings. The van der Waals surface area contributed by atoms with Crippen molar-refractivity contribution in [1.82, 2.24) is 14.1 Å². The Morgan fingerprint density at radius 3 is 2.70 bits per heavy atom. The first-order chi connectivity index (χ1) is 9.43. The molecule has 2 rings (SSSR count). The Kier molecular flexibility index (Phi) is 4.00. The lowest BCUT2D eigenvalue weighted by atomic mass is 10.4. The number of rotatable bonds is 4. The smallest absolute Gasteiger partial charge is 0.294 e. The topological polar surface area (TPSA) is 100 Å². The molecule has 0 saturated heterocycles. The molecule has 0 radical (unpaired) electrons. The van der Waals surface area contributed by atoms with E-state index in [2.05, 4.69) is 4.98 Å². The van der Waals surface area contributed by atoms with Crippen LogP contribution in [-0.2, 0) is 13.1 Å². The van der Waals surface area contributed by atoms with Gasteiger partial charge in [-0.2, -0.15) is 0 Å².